The average molecular weight is 780 g/mol. The van der Waals surface area contributed by atoms with Crippen molar-refractivity contribution in [3.8, 4) is 0 Å². The zero-order chi connectivity index (χ0) is 41.0. The van der Waals surface area contributed by atoms with E-state index in [1.54, 1.807) is 11.6 Å². The van der Waals surface area contributed by atoms with Gasteiger partial charge in [0.15, 0.2) is 0 Å². The first kappa shape index (κ1) is 42.2. The summed E-state index contributed by atoms with van der Waals surface area (Å²) in [5.74, 6) is -0.834. The van der Waals surface area contributed by atoms with Gasteiger partial charge in [-0.15, -0.1) is 0 Å². The van der Waals surface area contributed by atoms with E-state index in [1.165, 1.54) is 86.1 Å². The normalized spacial score (nSPS) is 15.9. The van der Waals surface area contributed by atoms with Crippen molar-refractivity contribution in [2.24, 2.45) is 0 Å². The van der Waals surface area contributed by atoms with Gasteiger partial charge in [-0.1, -0.05) is 96.1 Å². The van der Waals surface area contributed by atoms with Crippen molar-refractivity contribution in [2.75, 3.05) is 40.4 Å². The number of hydrogen-bond donors (Lipinski definition) is 3. The molecule has 302 valence electrons. The summed E-state index contributed by atoms with van der Waals surface area (Å²) in [6.45, 7) is 10.8. The first-order chi connectivity index (χ1) is 28.3. The molecule has 2 heterocycles. The Morgan fingerprint density at radius 2 is 1.12 bits per heavy atom. The van der Waals surface area contributed by atoms with E-state index < -0.39 is 5.91 Å². The van der Waals surface area contributed by atoms with Gasteiger partial charge in [-0.05, 0) is 131 Å². The predicted molar refractivity (Wildman–Crippen MR) is 234 cm³/mol. The molecule has 0 bridgehead atoms. The van der Waals surface area contributed by atoms with Crippen LogP contribution in [0.25, 0.3) is 23.3 Å². The summed E-state index contributed by atoms with van der Waals surface area (Å²) < 4.78 is 4.68. The van der Waals surface area contributed by atoms with E-state index in [1.807, 2.05) is 12.1 Å². The van der Waals surface area contributed by atoms with Crippen LogP contribution in [0.3, 0.4) is 0 Å². The molecule has 4 aliphatic rings. The summed E-state index contributed by atoms with van der Waals surface area (Å²) in [6, 6.07) is 30.4. The molecule has 1 amide bonds. The van der Waals surface area contributed by atoms with Crippen molar-refractivity contribution in [3.63, 3.8) is 0 Å². The number of amides is 1. The van der Waals surface area contributed by atoms with E-state index in [0.29, 0.717) is 0 Å². The number of aliphatic hydroxyl groups excluding tert-OH is 1. The first-order valence-corrected chi connectivity index (χ1v) is 20.3. The molecule has 0 fully saturated rings. The molecular weight excluding hydrogens is 723 g/mol. The standard InChI is InChI=1S/C25H27NO2.C24H26N2O2.CH4O/c1-18-15-21-5-3-4-6-24(21)23(18)12-14-26-13-11-20-9-7-19(16-22(20)17-26)8-10-25(27)28-2;1-17-14-20-4-2-3-5-23(20)22(17)11-13-26-12-10-19-8-6-18(15-21(19)16-26)7-9-24(27)25-28;1-2/h3-10,16H,11-15,17H2,1-2H3;2-9,15,28H,10-14,16H2,1H3,(H,25,27);2H,1H3/b10-8+;9-7+;. The third-order valence-corrected chi connectivity index (χ3v) is 11.8. The lowest BCUT2D eigenvalue weighted by Gasteiger charge is -2.29. The average Bonchev–Trinajstić information content (AvgIpc) is 3.77. The van der Waals surface area contributed by atoms with Crippen molar-refractivity contribution in [1.82, 2.24) is 15.3 Å². The van der Waals surface area contributed by atoms with Crippen LogP contribution in [0.15, 0.2) is 108 Å². The Morgan fingerprint density at radius 3 is 1.59 bits per heavy atom. The summed E-state index contributed by atoms with van der Waals surface area (Å²) >= 11 is 0. The molecule has 8 nitrogen and oxygen atoms in total. The fourth-order valence-electron chi connectivity index (χ4n) is 8.72. The third kappa shape index (κ3) is 10.6. The molecular formula is C50H57N3O5. The van der Waals surface area contributed by atoms with Crippen LogP contribution in [0.4, 0.5) is 0 Å². The van der Waals surface area contributed by atoms with Crippen LogP contribution in [0, 0.1) is 0 Å². The lowest BCUT2D eigenvalue weighted by atomic mass is 9.96. The Hall–Kier alpha value is -5.38. The molecule has 8 heteroatoms. The van der Waals surface area contributed by atoms with Crippen LogP contribution < -0.4 is 5.48 Å². The maximum atomic E-state index is 11.3. The maximum Gasteiger partial charge on any atom is 0.330 e. The van der Waals surface area contributed by atoms with Gasteiger partial charge in [-0.25, -0.2) is 10.3 Å². The van der Waals surface area contributed by atoms with E-state index in [0.717, 1.165) is 96.0 Å². The summed E-state index contributed by atoms with van der Waals surface area (Å²) in [5, 5.41) is 15.6. The zero-order valence-electron chi connectivity index (χ0n) is 34.4. The zero-order valence-corrected chi connectivity index (χ0v) is 34.4. The van der Waals surface area contributed by atoms with Crippen LogP contribution in [0.1, 0.15) is 82.3 Å². The molecule has 0 spiro atoms. The van der Waals surface area contributed by atoms with Gasteiger partial charge < -0.3 is 9.84 Å². The number of carbonyl (C=O) groups excluding carboxylic acids is 2. The lowest BCUT2D eigenvalue weighted by molar-refractivity contribution is -0.134. The number of rotatable bonds is 10. The Morgan fingerprint density at radius 1 is 0.655 bits per heavy atom. The Balaban J connectivity index is 0.000000188. The number of carbonyl (C=O) groups is 2. The highest BCUT2D eigenvalue weighted by atomic mass is 16.5. The summed E-state index contributed by atoms with van der Waals surface area (Å²) in [4.78, 5) is 27.6. The van der Waals surface area contributed by atoms with E-state index in [-0.39, 0.29) is 5.97 Å². The number of nitrogens with one attached hydrogen (secondary N) is 1. The molecule has 0 unspecified atom stereocenters. The quantitative estimate of drug-likeness (QED) is 0.0645. The van der Waals surface area contributed by atoms with Crippen molar-refractivity contribution >= 4 is 35.2 Å². The Kier molecular flexibility index (Phi) is 14.8. The smallest absolute Gasteiger partial charge is 0.330 e. The Bertz CT molecular complexity index is 2070. The highest BCUT2D eigenvalue weighted by Gasteiger charge is 2.23. The molecule has 8 rings (SSSR count). The van der Waals surface area contributed by atoms with Crippen LogP contribution >= 0.6 is 0 Å². The number of ether oxygens (including phenoxy) is 1. The molecule has 0 atom stereocenters. The summed E-state index contributed by atoms with van der Waals surface area (Å²) in [7, 11) is 2.40. The van der Waals surface area contributed by atoms with Gasteiger partial charge in [0.05, 0.1) is 7.11 Å². The van der Waals surface area contributed by atoms with E-state index >= 15 is 0 Å². The number of hydroxylamine groups is 1. The van der Waals surface area contributed by atoms with E-state index in [9.17, 15) is 9.59 Å². The second-order valence-electron chi connectivity index (χ2n) is 15.5. The second kappa shape index (κ2) is 20.4. The number of aliphatic hydroxyl groups is 1. The van der Waals surface area contributed by atoms with Gasteiger partial charge >= 0.3 is 5.97 Å². The minimum Gasteiger partial charge on any atom is -0.466 e. The maximum absolute atomic E-state index is 11.3. The SMILES string of the molecule is CC1=C(CCN2CCc3ccc(/C=C/C(=O)NO)cc3C2)c2ccccc2C1.CO.COC(=O)/C=C/c1ccc2c(c1)CN(CCC1=C(C)Cc3ccccc31)CC2. The van der Waals surface area contributed by atoms with Crippen molar-refractivity contribution in [1.29, 1.82) is 0 Å². The van der Waals surface area contributed by atoms with Crippen molar-refractivity contribution in [3.05, 3.63) is 164 Å². The molecule has 4 aromatic carbocycles. The van der Waals surface area contributed by atoms with E-state index in [2.05, 4.69) is 107 Å². The molecule has 0 saturated heterocycles. The number of hydrogen-bond acceptors (Lipinski definition) is 7. The molecule has 58 heavy (non-hydrogen) atoms. The first-order valence-electron chi connectivity index (χ1n) is 20.3. The van der Waals surface area contributed by atoms with Gasteiger partial charge in [0.2, 0.25) is 0 Å². The highest BCUT2D eigenvalue weighted by molar-refractivity contribution is 5.91. The number of fused-ring (bicyclic) bond motifs is 4. The molecule has 4 aromatic rings. The Labute approximate surface area is 343 Å². The third-order valence-electron chi connectivity index (χ3n) is 11.8. The number of nitrogens with zero attached hydrogens (tertiary/aromatic N) is 2. The topological polar surface area (TPSA) is 102 Å². The lowest BCUT2D eigenvalue weighted by Crippen LogP contribution is -2.31. The molecule has 0 aromatic heterocycles. The number of methoxy groups -OCH3 is 1. The highest BCUT2D eigenvalue weighted by Crippen LogP contribution is 2.36. The molecule has 2 aliphatic carbocycles. The monoisotopic (exact) mass is 779 g/mol. The van der Waals surface area contributed by atoms with Gasteiger partial charge in [0.1, 0.15) is 0 Å². The summed E-state index contributed by atoms with van der Waals surface area (Å²) in [6.07, 6.45) is 12.9. The van der Waals surface area contributed by atoms with Crippen molar-refractivity contribution < 1.29 is 24.6 Å². The van der Waals surface area contributed by atoms with Crippen molar-refractivity contribution in [2.45, 2.75) is 65.5 Å². The van der Waals surface area contributed by atoms with Crippen LogP contribution in [-0.4, -0.2) is 72.4 Å². The minimum absolute atomic E-state index is 0.320. The van der Waals surface area contributed by atoms with Gasteiger partial charge in [-0.2, -0.15) is 0 Å². The molecule has 0 radical (unpaired) electrons. The van der Waals surface area contributed by atoms with Gasteiger partial charge in [-0.3, -0.25) is 19.8 Å². The molecule has 3 N–H and O–H groups in total. The second-order valence-corrected chi connectivity index (χ2v) is 15.5. The molecule has 2 aliphatic heterocycles. The predicted octanol–water partition coefficient (Wildman–Crippen LogP) is 8.24. The minimum atomic E-state index is -0.514. The number of esters is 1. The summed E-state index contributed by atoms with van der Waals surface area (Å²) in [5.41, 5.74) is 21.1. The largest absolute Gasteiger partial charge is 0.466 e. The number of benzene rings is 4. The fourth-order valence-corrected chi connectivity index (χ4v) is 8.72. The van der Waals surface area contributed by atoms with Gasteiger partial charge in [0, 0.05) is 58.5 Å². The fraction of sp³-hybridized carbons (Fsp3) is 0.320. The van der Waals surface area contributed by atoms with E-state index in [4.69, 9.17) is 10.3 Å². The molecule has 0 saturated carbocycles. The van der Waals surface area contributed by atoms with Crippen LogP contribution in [-0.2, 0) is 53.1 Å². The number of allylic oxidation sites excluding steroid dienone is 2. The van der Waals surface area contributed by atoms with Gasteiger partial charge in [0.25, 0.3) is 5.91 Å². The van der Waals surface area contributed by atoms with Crippen LogP contribution in [0.5, 0.6) is 0 Å². The van der Waals surface area contributed by atoms with Crippen LogP contribution in [0.2, 0.25) is 0 Å².